The van der Waals surface area contributed by atoms with Crippen molar-refractivity contribution in [3.8, 4) is 5.75 Å². The molecule has 0 spiro atoms. The van der Waals surface area contributed by atoms with Gasteiger partial charge in [-0.1, -0.05) is 17.7 Å². The van der Waals surface area contributed by atoms with E-state index in [0.717, 1.165) is 0 Å². The Hall–Kier alpha value is -1.42. The molecule has 1 aromatic rings. The molecule has 0 unspecified atom stereocenters. The Kier molecular flexibility index (Phi) is 2.21. The molecule has 14 heavy (non-hydrogen) atoms. The quantitative estimate of drug-likeness (QED) is 0.659. The maximum atomic E-state index is 10.9. The largest absolute Gasteiger partial charge is 0.508 e. The minimum Gasteiger partial charge on any atom is -0.508 e. The van der Waals surface area contributed by atoms with Crippen LogP contribution in [0.4, 0.5) is 4.79 Å². The zero-order chi connectivity index (χ0) is 10.1. The Morgan fingerprint density at radius 2 is 2.29 bits per heavy atom. The van der Waals surface area contributed by atoms with E-state index >= 15 is 0 Å². The van der Waals surface area contributed by atoms with Crippen LogP contribution in [0.15, 0.2) is 18.2 Å². The predicted molar refractivity (Wildman–Crippen MR) is 52.4 cm³/mol. The van der Waals surface area contributed by atoms with Gasteiger partial charge in [-0.05, 0) is 12.1 Å². The van der Waals surface area contributed by atoms with E-state index < -0.39 is 0 Å². The topological polar surface area (TPSA) is 61.4 Å². The average molecular weight is 213 g/mol. The number of halogens is 1. The zero-order valence-electron chi connectivity index (χ0n) is 7.25. The molecule has 0 radical (unpaired) electrons. The summed E-state index contributed by atoms with van der Waals surface area (Å²) in [7, 11) is 0. The molecule has 1 heterocycles. The van der Waals surface area contributed by atoms with Crippen molar-refractivity contribution in [3.05, 3.63) is 28.8 Å². The number of amides is 2. The second-order valence-electron chi connectivity index (χ2n) is 3.11. The second-order valence-corrected chi connectivity index (χ2v) is 3.55. The summed E-state index contributed by atoms with van der Waals surface area (Å²) in [6.07, 6.45) is 0. The molecule has 1 aliphatic rings. The summed E-state index contributed by atoms with van der Waals surface area (Å²) in [5.41, 5.74) is 0.674. The van der Waals surface area contributed by atoms with Crippen LogP contribution in [-0.4, -0.2) is 17.7 Å². The highest BCUT2D eigenvalue weighted by molar-refractivity contribution is 6.30. The van der Waals surface area contributed by atoms with Crippen LogP contribution in [0, 0.1) is 0 Å². The van der Waals surface area contributed by atoms with Gasteiger partial charge in [0.1, 0.15) is 5.75 Å². The highest BCUT2D eigenvalue weighted by atomic mass is 35.5. The molecule has 0 aromatic heterocycles. The van der Waals surface area contributed by atoms with Gasteiger partial charge in [-0.3, -0.25) is 0 Å². The number of phenols is 1. The molecular formula is C9H9ClN2O2. The Labute approximate surface area is 85.9 Å². The number of urea groups is 1. The van der Waals surface area contributed by atoms with Crippen LogP contribution in [0.25, 0.3) is 0 Å². The van der Waals surface area contributed by atoms with E-state index in [4.69, 9.17) is 11.6 Å². The summed E-state index contributed by atoms with van der Waals surface area (Å²) in [6, 6.07) is 4.45. The van der Waals surface area contributed by atoms with E-state index in [1.165, 1.54) is 6.07 Å². The number of phenolic OH excluding ortho intramolecular Hbond substituents is 1. The predicted octanol–water partition coefficient (Wildman–Crippen LogP) is 1.40. The third-order valence-electron chi connectivity index (χ3n) is 2.14. The molecule has 1 aliphatic heterocycles. The van der Waals surface area contributed by atoms with Gasteiger partial charge in [0.2, 0.25) is 0 Å². The highest BCUT2D eigenvalue weighted by Gasteiger charge is 2.23. The molecule has 5 heteroatoms. The molecule has 0 bridgehead atoms. The highest BCUT2D eigenvalue weighted by Crippen LogP contribution is 2.28. The fraction of sp³-hybridized carbons (Fsp3) is 0.222. The standard InChI is InChI=1S/C9H9ClN2O2/c10-5-1-2-6(8(13)3-5)7-4-11-9(14)12-7/h1-3,7,13H,4H2,(H2,11,12,14)/t7-/m0/s1. The molecule has 0 saturated carbocycles. The lowest BCUT2D eigenvalue weighted by atomic mass is 10.1. The molecule has 2 rings (SSSR count). The van der Waals surface area contributed by atoms with Crippen molar-refractivity contribution in [3.63, 3.8) is 0 Å². The third-order valence-corrected chi connectivity index (χ3v) is 2.38. The van der Waals surface area contributed by atoms with Crippen LogP contribution in [0.2, 0.25) is 5.02 Å². The van der Waals surface area contributed by atoms with E-state index in [0.29, 0.717) is 17.1 Å². The Morgan fingerprint density at radius 1 is 1.50 bits per heavy atom. The van der Waals surface area contributed by atoms with E-state index in [9.17, 15) is 9.90 Å². The smallest absolute Gasteiger partial charge is 0.315 e. The SMILES string of the molecule is O=C1NC[C@@H](c2ccc(Cl)cc2O)N1. The van der Waals surface area contributed by atoms with Crippen LogP contribution in [0.5, 0.6) is 5.75 Å². The van der Waals surface area contributed by atoms with Crippen molar-refractivity contribution < 1.29 is 9.90 Å². The summed E-state index contributed by atoms with van der Waals surface area (Å²) < 4.78 is 0. The van der Waals surface area contributed by atoms with E-state index in [1.807, 2.05) is 0 Å². The van der Waals surface area contributed by atoms with E-state index in [1.54, 1.807) is 12.1 Å². The van der Waals surface area contributed by atoms with Crippen LogP contribution < -0.4 is 10.6 Å². The first-order valence-corrected chi connectivity index (χ1v) is 4.57. The van der Waals surface area contributed by atoms with Crippen molar-refractivity contribution in [2.45, 2.75) is 6.04 Å². The Morgan fingerprint density at radius 3 is 2.86 bits per heavy atom. The van der Waals surface area contributed by atoms with Crippen LogP contribution in [-0.2, 0) is 0 Å². The van der Waals surface area contributed by atoms with Gasteiger partial charge in [-0.2, -0.15) is 0 Å². The maximum Gasteiger partial charge on any atom is 0.315 e. The van der Waals surface area contributed by atoms with Gasteiger partial charge in [-0.25, -0.2) is 4.79 Å². The lowest BCUT2D eigenvalue weighted by Crippen LogP contribution is -2.21. The molecule has 3 N–H and O–H groups in total. The molecule has 1 saturated heterocycles. The molecule has 74 valence electrons. The fourth-order valence-electron chi connectivity index (χ4n) is 1.45. The number of aromatic hydroxyl groups is 1. The number of rotatable bonds is 1. The first-order valence-electron chi connectivity index (χ1n) is 4.19. The third kappa shape index (κ3) is 1.61. The van der Waals surface area contributed by atoms with Gasteiger partial charge < -0.3 is 15.7 Å². The maximum absolute atomic E-state index is 10.9. The minimum absolute atomic E-state index is 0.103. The first kappa shape index (κ1) is 9.15. The number of benzene rings is 1. The summed E-state index contributed by atoms with van der Waals surface area (Å²) in [4.78, 5) is 10.9. The van der Waals surface area contributed by atoms with Crippen LogP contribution in [0.3, 0.4) is 0 Å². The molecule has 2 amide bonds. The fourth-order valence-corrected chi connectivity index (χ4v) is 1.62. The number of nitrogens with one attached hydrogen (secondary N) is 2. The lowest BCUT2D eigenvalue weighted by Gasteiger charge is -2.10. The van der Waals surface area contributed by atoms with Crippen molar-refractivity contribution >= 4 is 17.6 Å². The van der Waals surface area contributed by atoms with Crippen molar-refractivity contribution in [2.24, 2.45) is 0 Å². The Balaban J connectivity index is 2.28. The van der Waals surface area contributed by atoms with Gasteiger partial charge in [0, 0.05) is 17.1 Å². The van der Waals surface area contributed by atoms with Crippen molar-refractivity contribution in [2.75, 3.05) is 6.54 Å². The summed E-state index contributed by atoms with van der Waals surface area (Å²) in [5.74, 6) is 0.103. The van der Waals surface area contributed by atoms with E-state index in [2.05, 4.69) is 10.6 Å². The molecule has 1 atom stereocenters. The summed E-state index contributed by atoms with van der Waals surface area (Å²) in [6.45, 7) is 0.480. The average Bonchev–Trinajstić information content (AvgIpc) is 2.51. The van der Waals surface area contributed by atoms with Crippen molar-refractivity contribution in [1.29, 1.82) is 0 Å². The normalized spacial score (nSPS) is 20.4. The molecular weight excluding hydrogens is 204 g/mol. The van der Waals surface area contributed by atoms with Gasteiger partial charge in [0.25, 0.3) is 0 Å². The first-order chi connectivity index (χ1) is 6.66. The van der Waals surface area contributed by atoms with E-state index in [-0.39, 0.29) is 17.8 Å². The second kappa shape index (κ2) is 3.38. The van der Waals surface area contributed by atoms with Gasteiger partial charge in [0.05, 0.1) is 6.04 Å². The molecule has 1 aromatic carbocycles. The van der Waals surface area contributed by atoms with Crippen LogP contribution >= 0.6 is 11.6 Å². The number of carbonyl (C=O) groups is 1. The van der Waals surface area contributed by atoms with Gasteiger partial charge in [-0.15, -0.1) is 0 Å². The number of carbonyl (C=O) groups excluding carboxylic acids is 1. The molecule has 1 fully saturated rings. The number of hydrogen-bond donors (Lipinski definition) is 3. The lowest BCUT2D eigenvalue weighted by molar-refractivity contribution is 0.247. The minimum atomic E-state index is -0.218. The van der Waals surface area contributed by atoms with Gasteiger partial charge >= 0.3 is 6.03 Å². The van der Waals surface area contributed by atoms with Gasteiger partial charge in [0.15, 0.2) is 0 Å². The molecule has 0 aliphatic carbocycles. The monoisotopic (exact) mass is 212 g/mol. The van der Waals surface area contributed by atoms with Crippen LogP contribution in [0.1, 0.15) is 11.6 Å². The van der Waals surface area contributed by atoms with Crippen molar-refractivity contribution in [1.82, 2.24) is 10.6 Å². The summed E-state index contributed by atoms with van der Waals surface area (Å²) >= 11 is 5.69. The summed E-state index contributed by atoms with van der Waals surface area (Å²) in [5, 5.41) is 15.3. The zero-order valence-corrected chi connectivity index (χ0v) is 8.01. The number of hydrogen-bond acceptors (Lipinski definition) is 2. The Bertz CT molecular complexity index is 381. The molecule has 4 nitrogen and oxygen atoms in total.